The first-order valence-corrected chi connectivity index (χ1v) is 11.0. The Hall–Kier alpha value is -2.16. The number of likely N-dealkylation sites (tertiary alicyclic amines) is 1. The summed E-state index contributed by atoms with van der Waals surface area (Å²) in [5.41, 5.74) is 0. The third-order valence-corrected chi connectivity index (χ3v) is 5.20. The predicted octanol–water partition coefficient (Wildman–Crippen LogP) is 0.738. The van der Waals surface area contributed by atoms with Crippen molar-refractivity contribution >= 4 is 23.6 Å². The third kappa shape index (κ3) is 8.69. The largest absolute Gasteiger partial charge is 0.349 e. The zero-order valence-electron chi connectivity index (χ0n) is 19.1. The van der Waals surface area contributed by atoms with Crippen molar-refractivity contribution in [1.82, 2.24) is 25.8 Å². The maximum atomic E-state index is 12.8. The first-order chi connectivity index (χ1) is 14.2. The normalized spacial score (nSPS) is 16.2. The van der Waals surface area contributed by atoms with Crippen LogP contribution in [0.15, 0.2) is 0 Å². The first kappa shape index (κ1) is 25.9. The summed E-state index contributed by atoms with van der Waals surface area (Å²) >= 11 is 0. The average Bonchev–Trinajstić information content (AvgIpc) is 2.72. The molecule has 1 aliphatic rings. The van der Waals surface area contributed by atoms with E-state index in [-0.39, 0.29) is 11.9 Å². The molecular formula is C21H39N5O4. The lowest BCUT2D eigenvalue weighted by Crippen LogP contribution is -2.57. The zero-order valence-corrected chi connectivity index (χ0v) is 19.1. The lowest BCUT2D eigenvalue weighted by atomic mass is 10.0. The van der Waals surface area contributed by atoms with Gasteiger partial charge in [-0.05, 0) is 58.7 Å². The van der Waals surface area contributed by atoms with Crippen LogP contribution in [0.3, 0.4) is 0 Å². The van der Waals surface area contributed by atoms with Gasteiger partial charge in [-0.3, -0.25) is 14.4 Å². The molecule has 0 unspecified atom stereocenters. The molecular weight excluding hydrogens is 386 g/mol. The van der Waals surface area contributed by atoms with E-state index < -0.39 is 29.7 Å². The number of nitrogens with zero attached hydrogens (tertiary/aromatic N) is 2. The smallest absolute Gasteiger partial charge is 0.318 e. The minimum atomic E-state index is -0.917. The maximum Gasteiger partial charge on any atom is 0.318 e. The fourth-order valence-electron chi connectivity index (χ4n) is 3.31. The number of urea groups is 1. The quantitative estimate of drug-likeness (QED) is 0.334. The second-order valence-corrected chi connectivity index (χ2v) is 8.47. The minimum absolute atomic E-state index is 0.161. The highest BCUT2D eigenvalue weighted by atomic mass is 16.2. The van der Waals surface area contributed by atoms with Gasteiger partial charge in [-0.25, -0.2) is 4.79 Å². The third-order valence-electron chi connectivity index (χ3n) is 5.20. The highest BCUT2D eigenvalue weighted by Crippen LogP contribution is 2.10. The van der Waals surface area contributed by atoms with Crippen LogP contribution < -0.4 is 16.0 Å². The summed E-state index contributed by atoms with van der Waals surface area (Å²) in [5.74, 6) is -1.97. The van der Waals surface area contributed by atoms with Crippen molar-refractivity contribution in [2.75, 3.05) is 40.3 Å². The number of carbonyl (C=O) groups excluding carboxylic acids is 4. The molecule has 2 atom stereocenters. The Balaban J connectivity index is 2.63. The maximum absolute atomic E-state index is 12.8. The predicted molar refractivity (Wildman–Crippen MR) is 116 cm³/mol. The number of amides is 4. The molecule has 0 bridgehead atoms. The molecule has 0 radical (unpaired) electrons. The number of hydrogen-bond donors (Lipinski definition) is 3. The van der Waals surface area contributed by atoms with Gasteiger partial charge in [-0.1, -0.05) is 20.8 Å². The molecule has 1 heterocycles. The van der Waals surface area contributed by atoms with E-state index in [9.17, 15) is 19.2 Å². The van der Waals surface area contributed by atoms with Crippen molar-refractivity contribution in [3.8, 4) is 0 Å². The molecule has 1 fully saturated rings. The molecule has 0 spiro atoms. The van der Waals surface area contributed by atoms with Gasteiger partial charge in [0.25, 0.3) is 5.91 Å². The molecule has 0 aliphatic carbocycles. The van der Waals surface area contributed by atoms with Gasteiger partial charge in [0.2, 0.25) is 11.7 Å². The molecule has 0 saturated carbocycles. The van der Waals surface area contributed by atoms with Gasteiger partial charge in [-0.2, -0.15) is 0 Å². The lowest BCUT2D eigenvalue weighted by molar-refractivity contribution is -0.140. The van der Waals surface area contributed by atoms with Crippen LogP contribution in [0.25, 0.3) is 0 Å². The molecule has 0 aromatic rings. The molecule has 0 aromatic heterocycles. The van der Waals surface area contributed by atoms with Crippen LogP contribution in [0.5, 0.6) is 0 Å². The monoisotopic (exact) mass is 425 g/mol. The number of piperidine rings is 1. The van der Waals surface area contributed by atoms with Crippen LogP contribution in [0.1, 0.15) is 52.9 Å². The fourth-order valence-corrected chi connectivity index (χ4v) is 3.31. The molecule has 9 nitrogen and oxygen atoms in total. The van der Waals surface area contributed by atoms with Gasteiger partial charge >= 0.3 is 6.03 Å². The van der Waals surface area contributed by atoms with Gasteiger partial charge in [0.1, 0.15) is 6.04 Å². The Labute approximate surface area is 180 Å². The molecule has 9 heteroatoms. The van der Waals surface area contributed by atoms with Gasteiger partial charge in [0.15, 0.2) is 0 Å². The number of carbonyl (C=O) groups is 4. The summed E-state index contributed by atoms with van der Waals surface area (Å²) in [5, 5.41) is 8.06. The summed E-state index contributed by atoms with van der Waals surface area (Å²) in [7, 11) is 3.87. The van der Waals surface area contributed by atoms with Crippen molar-refractivity contribution in [1.29, 1.82) is 0 Å². The van der Waals surface area contributed by atoms with Gasteiger partial charge < -0.3 is 25.8 Å². The molecule has 30 heavy (non-hydrogen) atoms. The van der Waals surface area contributed by atoms with Crippen molar-refractivity contribution in [2.24, 2.45) is 5.92 Å². The van der Waals surface area contributed by atoms with Crippen LogP contribution in [0.4, 0.5) is 4.79 Å². The molecule has 3 N–H and O–H groups in total. The second-order valence-electron chi connectivity index (χ2n) is 8.47. The van der Waals surface area contributed by atoms with Crippen molar-refractivity contribution in [3.63, 3.8) is 0 Å². The van der Waals surface area contributed by atoms with E-state index in [0.717, 1.165) is 32.2 Å². The van der Waals surface area contributed by atoms with E-state index in [1.807, 2.05) is 32.8 Å². The summed E-state index contributed by atoms with van der Waals surface area (Å²) < 4.78 is 0. The highest BCUT2D eigenvalue weighted by Gasteiger charge is 2.31. The van der Waals surface area contributed by atoms with E-state index >= 15 is 0 Å². The number of Topliss-reactive ketones (excluding diaryl/α,β-unsaturated/α-hetero) is 1. The van der Waals surface area contributed by atoms with Gasteiger partial charge in [-0.15, -0.1) is 0 Å². The first-order valence-electron chi connectivity index (χ1n) is 11.0. The Kier molecular flexibility index (Phi) is 11.4. The van der Waals surface area contributed by atoms with E-state index in [0.29, 0.717) is 26.1 Å². The van der Waals surface area contributed by atoms with E-state index in [1.165, 1.54) is 0 Å². The standard InChI is InChI=1S/C21H39N5O4/c1-6-16(18(27)20(29)22-11-10-12-25(4)5)23-19(28)17(15(2)3)24-21(30)26-13-8-7-9-14-26/h15-17H,6-14H2,1-5H3,(H,22,29)(H,23,28)(H,24,30)/t16-,17-/m0/s1. The van der Waals surface area contributed by atoms with Crippen molar-refractivity contribution in [3.05, 3.63) is 0 Å². The van der Waals surface area contributed by atoms with E-state index in [1.54, 1.807) is 11.8 Å². The minimum Gasteiger partial charge on any atom is -0.349 e. The SMILES string of the molecule is CC[C@H](NC(=O)[C@@H](NC(=O)N1CCCCC1)C(C)C)C(=O)C(=O)NCCCN(C)C. The average molecular weight is 426 g/mol. The Morgan fingerprint density at radius 1 is 1.00 bits per heavy atom. The zero-order chi connectivity index (χ0) is 22.7. The van der Waals surface area contributed by atoms with Crippen LogP contribution in [0.2, 0.25) is 0 Å². The Morgan fingerprint density at radius 2 is 1.63 bits per heavy atom. The van der Waals surface area contributed by atoms with Crippen molar-refractivity contribution < 1.29 is 19.2 Å². The lowest BCUT2D eigenvalue weighted by Gasteiger charge is -2.30. The van der Waals surface area contributed by atoms with E-state index in [4.69, 9.17) is 0 Å². The summed E-state index contributed by atoms with van der Waals surface area (Å²) in [6, 6.07) is -1.95. The number of ketones is 1. The highest BCUT2D eigenvalue weighted by molar-refractivity contribution is 6.38. The summed E-state index contributed by atoms with van der Waals surface area (Å²) in [6.45, 7) is 7.97. The topological polar surface area (TPSA) is 111 Å². The van der Waals surface area contributed by atoms with Crippen LogP contribution in [-0.4, -0.2) is 85.8 Å². The Morgan fingerprint density at radius 3 is 2.17 bits per heavy atom. The fraction of sp³-hybridized carbons (Fsp3) is 0.810. The number of rotatable bonds is 11. The van der Waals surface area contributed by atoms with Crippen LogP contribution in [-0.2, 0) is 14.4 Å². The summed E-state index contributed by atoms with van der Waals surface area (Å²) in [4.78, 5) is 53.6. The van der Waals surface area contributed by atoms with Gasteiger partial charge in [0, 0.05) is 19.6 Å². The Bertz CT molecular complexity index is 588. The molecule has 1 rings (SSSR count). The number of nitrogens with one attached hydrogen (secondary N) is 3. The van der Waals surface area contributed by atoms with Crippen LogP contribution in [0, 0.1) is 5.92 Å². The van der Waals surface area contributed by atoms with Gasteiger partial charge in [0.05, 0.1) is 6.04 Å². The second kappa shape index (κ2) is 13.2. The number of hydrogen-bond acceptors (Lipinski definition) is 5. The molecule has 172 valence electrons. The van der Waals surface area contributed by atoms with Crippen LogP contribution >= 0.6 is 0 Å². The molecule has 1 aliphatic heterocycles. The molecule has 4 amide bonds. The summed E-state index contributed by atoms with van der Waals surface area (Å²) in [6.07, 6.45) is 4.05. The molecule has 0 aromatic carbocycles. The van der Waals surface area contributed by atoms with E-state index in [2.05, 4.69) is 16.0 Å². The van der Waals surface area contributed by atoms with Crippen molar-refractivity contribution in [2.45, 2.75) is 65.0 Å². The molecule has 1 saturated heterocycles.